The van der Waals surface area contributed by atoms with Gasteiger partial charge in [-0.05, 0) is 31.9 Å². The third-order valence-corrected chi connectivity index (χ3v) is 4.08. The minimum atomic E-state index is -0.399. The molecule has 1 aliphatic heterocycles. The number of carbonyl (C=O) groups is 3. The van der Waals surface area contributed by atoms with Crippen LogP contribution in [0.3, 0.4) is 0 Å². The fourth-order valence-corrected chi connectivity index (χ4v) is 2.69. The third-order valence-electron chi connectivity index (χ3n) is 4.08. The van der Waals surface area contributed by atoms with Gasteiger partial charge in [0.2, 0.25) is 11.8 Å². The van der Waals surface area contributed by atoms with Crippen LogP contribution in [0.15, 0.2) is 24.3 Å². The van der Waals surface area contributed by atoms with Gasteiger partial charge in [0.1, 0.15) is 0 Å². The molecule has 1 aromatic carbocycles. The second kappa shape index (κ2) is 7.87. The summed E-state index contributed by atoms with van der Waals surface area (Å²) in [4.78, 5) is 37.3. The highest BCUT2D eigenvalue weighted by atomic mass is 16.2. The zero-order valence-electron chi connectivity index (χ0n) is 13.6. The van der Waals surface area contributed by atoms with Gasteiger partial charge in [0.05, 0.1) is 6.04 Å². The number of hydrogen-bond donors (Lipinski definition) is 2. The van der Waals surface area contributed by atoms with Crippen LogP contribution in [-0.2, 0) is 16.1 Å². The molecular formula is C17H23N3O3. The number of benzene rings is 1. The van der Waals surface area contributed by atoms with Crippen molar-refractivity contribution < 1.29 is 14.4 Å². The van der Waals surface area contributed by atoms with E-state index in [2.05, 4.69) is 10.6 Å². The standard InChI is InChI=1S/C17H23N3O3/c1-3-20(4-2)17(23)13-8-6-5-7-12(13)11-18-14-9-10-15(21)19-16(14)22/h5-8,14,18H,3-4,9-11H2,1-2H3,(H,19,21,22)/t14-/m1/s1. The second-order valence-electron chi connectivity index (χ2n) is 5.52. The van der Waals surface area contributed by atoms with Crippen molar-refractivity contribution in [1.82, 2.24) is 15.5 Å². The Morgan fingerprint density at radius 3 is 2.61 bits per heavy atom. The van der Waals surface area contributed by atoms with Gasteiger partial charge in [0.15, 0.2) is 0 Å². The van der Waals surface area contributed by atoms with Gasteiger partial charge in [0.25, 0.3) is 5.91 Å². The number of imide groups is 1. The Labute approximate surface area is 136 Å². The zero-order valence-corrected chi connectivity index (χ0v) is 13.6. The summed E-state index contributed by atoms with van der Waals surface area (Å²) >= 11 is 0. The molecule has 0 unspecified atom stereocenters. The van der Waals surface area contributed by atoms with E-state index < -0.39 is 6.04 Å². The molecule has 3 amide bonds. The number of carbonyl (C=O) groups excluding carboxylic acids is 3. The van der Waals surface area contributed by atoms with E-state index in [-0.39, 0.29) is 17.7 Å². The molecule has 1 saturated heterocycles. The van der Waals surface area contributed by atoms with Crippen LogP contribution in [0.2, 0.25) is 0 Å². The molecular weight excluding hydrogens is 294 g/mol. The largest absolute Gasteiger partial charge is 0.339 e. The maximum Gasteiger partial charge on any atom is 0.254 e. The summed E-state index contributed by atoms with van der Waals surface area (Å²) in [6.07, 6.45) is 0.820. The van der Waals surface area contributed by atoms with Crippen LogP contribution < -0.4 is 10.6 Å². The van der Waals surface area contributed by atoms with Crippen molar-refractivity contribution in [3.05, 3.63) is 35.4 Å². The summed E-state index contributed by atoms with van der Waals surface area (Å²) in [5.41, 5.74) is 1.50. The van der Waals surface area contributed by atoms with Crippen LogP contribution in [0, 0.1) is 0 Å². The van der Waals surface area contributed by atoms with Crippen molar-refractivity contribution in [2.24, 2.45) is 0 Å². The first kappa shape index (κ1) is 17.1. The molecule has 23 heavy (non-hydrogen) atoms. The van der Waals surface area contributed by atoms with Gasteiger partial charge >= 0.3 is 0 Å². The normalized spacial score (nSPS) is 17.7. The fraction of sp³-hybridized carbons (Fsp3) is 0.471. The number of nitrogens with one attached hydrogen (secondary N) is 2. The molecule has 0 aromatic heterocycles. The summed E-state index contributed by atoms with van der Waals surface area (Å²) < 4.78 is 0. The minimum Gasteiger partial charge on any atom is -0.339 e. The van der Waals surface area contributed by atoms with Gasteiger partial charge in [-0.25, -0.2) is 0 Å². The van der Waals surface area contributed by atoms with Gasteiger partial charge in [-0.2, -0.15) is 0 Å². The van der Waals surface area contributed by atoms with Gasteiger partial charge in [0, 0.05) is 31.6 Å². The monoisotopic (exact) mass is 317 g/mol. The molecule has 0 spiro atoms. The van der Waals surface area contributed by atoms with Crippen molar-refractivity contribution in [3.8, 4) is 0 Å². The number of hydrogen-bond acceptors (Lipinski definition) is 4. The lowest BCUT2D eigenvalue weighted by molar-refractivity contribution is -0.134. The molecule has 0 radical (unpaired) electrons. The van der Waals surface area contributed by atoms with E-state index in [1.165, 1.54) is 0 Å². The van der Waals surface area contributed by atoms with E-state index >= 15 is 0 Å². The molecule has 1 heterocycles. The van der Waals surface area contributed by atoms with Crippen molar-refractivity contribution in [1.29, 1.82) is 0 Å². The van der Waals surface area contributed by atoms with E-state index in [1.807, 2.05) is 38.1 Å². The predicted molar refractivity (Wildman–Crippen MR) is 86.7 cm³/mol. The zero-order chi connectivity index (χ0) is 16.8. The van der Waals surface area contributed by atoms with E-state index in [1.54, 1.807) is 4.90 Å². The molecule has 124 valence electrons. The predicted octanol–water partition coefficient (Wildman–Crippen LogP) is 1.06. The summed E-state index contributed by atoms with van der Waals surface area (Å²) in [5.74, 6) is -0.533. The Morgan fingerprint density at radius 2 is 1.96 bits per heavy atom. The number of rotatable bonds is 6. The molecule has 1 fully saturated rings. The van der Waals surface area contributed by atoms with Crippen LogP contribution >= 0.6 is 0 Å². The first-order valence-corrected chi connectivity index (χ1v) is 8.01. The average molecular weight is 317 g/mol. The van der Waals surface area contributed by atoms with E-state index in [0.717, 1.165) is 5.56 Å². The summed E-state index contributed by atoms with van der Waals surface area (Å²) in [7, 11) is 0. The highest BCUT2D eigenvalue weighted by Crippen LogP contribution is 2.13. The molecule has 0 aliphatic carbocycles. The molecule has 1 atom stereocenters. The quantitative estimate of drug-likeness (QED) is 0.769. The SMILES string of the molecule is CCN(CC)C(=O)c1ccccc1CN[C@@H]1CCC(=O)NC1=O. The maximum absolute atomic E-state index is 12.6. The summed E-state index contributed by atoms with van der Waals surface area (Å²) in [6, 6.07) is 7.01. The van der Waals surface area contributed by atoms with Crippen molar-refractivity contribution >= 4 is 17.7 Å². The Balaban J connectivity index is 2.07. The molecule has 6 nitrogen and oxygen atoms in total. The number of piperidine rings is 1. The highest BCUT2D eigenvalue weighted by Gasteiger charge is 2.26. The van der Waals surface area contributed by atoms with Gasteiger partial charge in [-0.1, -0.05) is 18.2 Å². The average Bonchev–Trinajstić information content (AvgIpc) is 2.55. The molecule has 1 aromatic rings. The first-order chi connectivity index (χ1) is 11.1. The molecule has 6 heteroatoms. The lowest BCUT2D eigenvalue weighted by Crippen LogP contribution is -2.50. The van der Waals surface area contributed by atoms with Crippen molar-refractivity contribution in [2.75, 3.05) is 13.1 Å². The second-order valence-corrected chi connectivity index (χ2v) is 5.52. The Hall–Kier alpha value is -2.21. The van der Waals surface area contributed by atoms with E-state index in [9.17, 15) is 14.4 Å². The number of amides is 3. The highest BCUT2D eigenvalue weighted by molar-refractivity contribution is 6.00. The lowest BCUT2D eigenvalue weighted by Gasteiger charge is -2.23. The van der Waals surface area contributed by atoms with Gasteiger partial charge < -0.3 is 10.2 Å². The van der Waals surface area contributed by atoms with Crippen LogP contribution in [0.4, 0.5) is 0 Å². The molecule has 2 rings (SSSR count). The Bertz CT molecular complexity index is 597. The topological polar surface area (TPSA) is 78.5 Å². The molecule has 1 aliphatic rings. The molecule has 2 N–H and O–H groups in total. The lowest BCUT2D eigenvalue weighted by atomic mass is 10.0. The van der Waals surface area contributed by atoms with Crippen molar-refractivity contribution in [2.45, 2.75) is 39.3 Å². The summed E-state index contributed by atoms with van der Waals surface area (Å²) in [6.45, 7) is 5.63. The molecule has 0 saturated carbocycles. The summed E-state index contributed by atoms with van der Waals surface area (Å²) in [5, 5.41) is 5.47. The number of nitrogens with zero attached hydrogens (tertiary/aromatic N) is 1. The van der Waals surface area contributed by atoms with E-state index in [4.69, 9.17) is 0 Å². The fourth-order valence-electron chi connectivity index (χ4n) is 2.69. The van der Waals surface area contributed by atoms with Crippen LogP contribution in [0.5, 0.6) is 0 Å². The van der Waals surface area contributed by atoms with Gasteiger partial charge in [-0.15, -0.1) is 0 Å². The van der Waals surface area contributed by atoms with E-state index in [0.29, 0.717) is 38.0 Å². The van der Waals surface area contributed by atoms with Crippen LogP contribution in [0.1, 0.15) is 42.6 Å². The Kier molecular flexibility index (Phi) is 5.87. The smallest absolute Gasteiger partial charge is 0.254 e. The van der Waals surface area contributed by atoms with Crippen molar-refractivity contribution in [3.63, 3.8) is 0 Å². The third kappa shape index (κ3) is 4.16. The first-order valence-electron chi connectivity index (χ1n) is 8.01. The van der Waals surface area contributed by atoms with Gasteiger partial charge in [-0.3, -0.25) is 19.7 Å². The van der Waals surface area contributed by atoms with Crippen LogP contribution in [0.25, 0.3) is 0 Å². The Morgan fingerprint density at radius 1 is 1.26 bits per heavy atom. The maximum atomic E-state index is 12.6. The van der Waals surface area contributed by atoms with Crippen LogP contribution in [-0.4, -0.2) is 41.8 Å². The molecule has 0 bridgehead atoms. The minimum absolute atomic E-state index is 0.00401.